The Hall–Kier alpha value is -2.91. The number of benzene rings is 1. The summed E-state index contributed by atoms with van der Waals surface area (Å²) in [6.07, 6.45) is 2.91. The van der Waals surface area contributed by atoms with Gasteiger partial charge in [0, 0.05) is 25.8 Å². The highest BCUT2D eigenvalue weighted by atomic mass is 16.3. The number of anilines is 2. The number of β-amino-alcohol motifs (C(OH)–C–C–N with tert-alkyl or cyclic N) is 1. The summed E-state index contributed by atoms with van der Waals surface area (Å²) in [7, 11) is 1.66. The molecule has 1 fully saturated rings. The minimum atomic E-state index is -0.654. The Morgan fingerprint density at radius 1 is 1.09 bits per heavy atom. The van der Waals surface area contributed by atoms with Crippen molar-refractivity contribution >= 4 is 22.8 Å². The van der Waals surface area contributed by atoms with E-state index < -0.39 is 6.10 Å². The van der Waals surface area contributed by atoms with Crippen LogP contribution in [0, 0.1) is 6.92 Å². The second kappa shape index (κ2) is 8.22. The predicted octanol–water partition coefficient (Wildman–Crippen LogP) is 1.20. The summed E-state index contributed by atoms with van der Waals surface area (Å²) in [5, 5.41) is 10.6. The zero-order chi connectivity index (χ0) is 22.4. The van der Waals surface area contributed by atoms with Gasteiger partial charge in [-0.05, 0) is 50.6 Å². The number of imidazole rings is 1. The number of aromatic nitrogens is 4. The molecule has 0 bridgehead atoms. The summed E-state index contributed by atoms with van der Waals surface area (Å²) in [6, 6.07) is 7.96. The Labute approximate surface area is 186 Å². The van der Waals surface area contributed by atoms with Crippen molar-refractivity contribution in [3.63, 3.8) is 0 Å². The van der Waals surface area contributed by atoms with E-state index in [0.717, 1.165) is 37.2 Å². The van der Waals surface area contributed by atoms with Gasteiger partial charge in [0.15, 0.2) is 11.2 Å². The van der Waals surface area contributed by atoms with E-state index in [1.807, 2.05) is 36.1 Å². The van der Waals surface area contributed by atoms with Gasteiger partial charge in [0.25, 0.3) is 5.56 Å². The summed E-state index contributed by atoms with van der Waals surface area (Å²) < 4.78 is 4.55. The lowest BCUT2D eigenvalue weighted by molar-refractivity contribution is 0.154. The minimum absolute atomic E-state index is 0.272. The number of piperidine rings is 1. The van der Waals surface area contributed by atoms with Crippen molar-refractivity contribution < 1.29 is 5.11 Å². The molecule has 0 radical (unpaired) electrons. The van der Waals surface area contributed by atoms with Crippen LogP contribution in [0.4, 0.5) is 11.6 Å². The van der Waals surface area contributed by atoms with Crippen molar-refractivity contribution in [1.82, 2.24) is 23.6 Å². The van der Waals surface area contributed by atoms with Crippen LogP contribution in [0.3, 0.4) is 0 Å². The molecule has 2 aliphatic rings. The van der Waals surface area contributed by atoms with E-state index in [1.54, 1.807) is 11.6 Å². The Kier molecular flexibility index (Phi) is 5.38. The maximum Gasteiger partial charge on any atom is 0.332 e. The number of nitrogens with zero attached hydrogens (tertiary/aromatic N) is 6. The fourth-order valence-electron chi connectivity index (χ4n) is 4.94. The molecule has 4 heterocycles. The molecule has 3 aromatic rings. The Bertz CT molecular complexity index is 1270. The summed E-state index contributed by atoms with van der Waals surface area (Å²) in [6.45, 7) is 5.72. The van der Waals surface area contributed by atoms with Crippen molar-refractivity contribution in [3.8, 4) is 0 Å². The second-order valence-electron chi connectivity index (χ2n) is 9.00. The Balaban J connectivity index is 1.61. The Morgan fingerprint density at radius 3 is 2.62 bits per heavy atom. The van der Waals surface area contributed by atoms with E-state index in [1.165, 1.54) is 15.6 Å². The van der Waals surface area contributed by atoms with Crippen molar-refractivity contribution in [2.75, 3.05) is 31.1 Å². The number of hydrogen-bond acceptors (Lipinski definition) is 6. The van der Waals surface area contributed by atoms with Gasteiger partial charge in [-0.1, -0.05) is 18.6 Å². The summed E-state index contributed by atoms with van der Waals surface area (Å²) in [5.41, 5.74) is 2.04. The molecule has 0 aliphatic carbocycles. The first kappa shape index (κ1) is 21.0. The van der Waals surface area contributed by atoms with Gasteiger partial charge >= 0.3 is 5.69 Å². The third kappa shape index (κ3) is 3.55. The van der Waals surface area contributed by atoms with Crippen LogP contribution >= 0.6 is 0 Å². The first-order valence-electron chi connectivity index (χ1n) is 11.4. The van der Waals surface area contributed by atoms with Crippen molar-refractivity contribution in [3.05, 3.63) is 50.7 Å². The molecule has 0 spiro atoms. The number of aliphatic hydroxyl groups is 1. The van der Waals surface area contributed by atoms with Crippen LogP contribution in [-0.2, 0) is 20.1 Å². The van der Waals surface area contributed by atoms with E-state index >= 15 is 0 Å². The van der Waals surface area contributed by atoms with Crippen LogP contribution in [0.15, 0.2) is 33.9 Å². The quantitative estimate of drug-likeness (QED) is 0.659. The molecule has 0 amide bonds. The molecule has 170 valence electrons. The zero-order valence-corrected chi connectivity index (χ0v) is 18.7. The van der Waals surface area contributed by atoms with Gasteiger partial charge in [0.1, 0.15) is 0 Å². The van der Waals surface area contributed by atoms with Gasteiger partial charge in [-0.25, -0.2) is 4.79 Å². The Morgan fingerprint density at radius 2 is 1.88 bits per heavy atom. The predicted molar refractivity (Wildman–Crippen MR) is 124 cm³/mol. The molecule has 1 aromatic carbocycles. The smallest absolute Gasteiger partial charge is 0.332 e. The molecule has 2 aromatic heterocycles. The van der Waals surface area contributed by atoms with E-state index in [-0.39, 0.29) is 17.8 Å². The molecule has 1 N–H and O–H groups in total. The lowest BCUT2D eigenvalue weighted by Crippen LogP contribution is -2.44. The molecular weight excluding hydrogens is 408 g/mol. The number of fused-ring (bicyclic) bond motifs is 3. The van der Waals surface area contributed by atoms with Gasteiger partial charge in [0.2, 0.25) is 5.95 Å². The first-order chi connectivity index (χ1) is 15.4. The standard InChI is InChI=1S/C23H30N6O3/c1-16-7-6-8-17(13-16)28-14-18(30)15-29-19-20(24-22(28)29)25(2)23(32)27(21(19)31)12-11-26-9-4-3-5-10-26/h6-8,13,18,30H,3-5,9-12,14-15H2,1-2H3/t18-/m0/s1. The molecule has 0 saturated carbocycles. The third-order valence-electron chi connectivity index (χ3n) is 6.64. The highest BCUT2D eigenvalue weighted by Crippen LogP contribution is 2.31. The third-order valence-corrected chi connectivity index (χ3v) is 6.64. The van der Waals surface area contributed by atoms with Crippen molar-refractivity contribution in [2.45, 2.75) is 45.4 Å². The van der Waals surface area contributed by atoms with E-state index in [9.17, 15) is 14.7 Å². The second-order valence-corrected chi connectivity index (χ2v) is 9.00. The number of rotatable bonds is 4. The number of aryl methyl sites for hydroxylation is 2. The molecule has 2 aliphatic heterocycles. The maximum atomic E-state index is 13.5. The highest BCUT2D eigenvalue weighted by molar-refractivity contribution is 5.77. The summed E-state index contributed by atoms with van der Waals surface area (Å²) in [4.78, 5) is 35.5. The first-order valence-corrected chi connectivity index (χ1v) is 11.4. The van der Waals surface area contributed by atoms with Crippen LogP contribution in [0.2, 0.25) is 0 Å². The average molecular weight is 439 g/mol. The molecule has 32 heavy (non-hydrogen) atoms. The molecule has 9 heteroatoms. The molecular formula is C23H30N6O3. The molecule has 0 unspecified atom stereocenters. The molecule has 9 nitrogen and oxygen atoms in total. The number of hydrogen-bond donors (Lipinski definition) is 1. The average Bonchev–Trinajstić information content (AvgIpc) is 3.17. The van der Waals surface area contributed by atoms with E-state index in [4.69, 9.17) is 4.98 Å². The lowest BCUT2D eigenvalue weighted by Gasteiger charge is -2.32. The lowest BCUT2D eigenvalue weighted by atomic mass is 10.1. The SMILES string of the molecule is Cc1cccc(N2C[C@H](O)Cn3c2nc2c3c(=O)n(CCN3CCCCC3)c(=O)n2C)c1. The number of likely N-dealkylation sites (tertiary alicyclic amines) is 1. The highest BCUT2D eigenvalue weighted by Gasteiger charge is 2.30. The van der Waals surface area contributed by atoms with Gasteiger partial charge in [0.05, 0.1) is 19.2 Å². The van der Waals surface area contributed by atoms with Gasteiger partial charge in [-0.15, -0.1) is 0 Å². The fraction of sp³-hybridized carbons (Fsp3) is 0.522. The summed E-state index contributed by atoms with van der Waals surface area (Å²) in [5.74, 6) is 0.580. The van der Waals surface area contributed by atoms with Crippen LogP contribution < -0.4 is 16.1 Å². The zero-order valence-electron chi connectivity index (χ0n) is 18.7. The van der Waals surface area contributed by atoms with E-state index in [0.29, 0.717) is 36.7 Å². The fourth-order valence-corrected chi connectivity index (χ4v) is 4.94. The van der Waals surface area contributed by atoms with Crippen LogP contribution in [0.1, 0.15) is 24.8 Å². The minimum Gasteiger partial charge on any atom is -0.389 e. The van der Waals surface area contributed by atoms with Crippen LogP contribution in [0.5, 0.6) is 0 Å². The number of aliphatic hydroxyl groups excluding tert-OH is 1. The van der Waals surface area contributed by atoms with Gasteiger partial charge in [-0.2, -0.15) is 4.98 Å². The normalized spacial score (nSPS) is 19.5. The van der Waals surface area contributed by atoms with E-state index in [2.05, 4.69) is 4.90 Å². The van der Waals surface area contributed by atoms with Crippen LogP contribution in [-0.4, -0.2) is 61.0 Å². The molecule has 1 atom stereocenters. The van der Waals surface area contributed by atoms with Crippen LogP contribution in [0.25, 0.3) is 11.2 Å². The monoisotopic (exact) mass is 438 g/mol. The van der Waals surface area contributed by atoms with Crippen molar-refractivity contribution in [2.24, 2.45) is 7.05 Å². The maximum absolute atomic E-state index is 13.5. The molecule has 5 rings (SSSR count). The topological polar surface area (TPSA) is 88.5 Å². The largest absolute Gasteiger partial charge is 0.389 e. The van der Waals surface area contributed by atoms with Gasteiger partial charge < -0.3 is 19.5 Å². The van der Waals surface area contributed by atoms with Gasteiger partial charge in [-0.3, -0.25) is 13.9 Å². The summed E-state index contributed by atoms with van der Waals surface area (Å²) >= 11 is 0. The van der Waals surface area contributed by atoms with Crippen molar-refractivity contribution in [1.29, 1.82) is 0 Å². The molecule has 1 saturated heterocycles.